The highest BCUT2D eigenvalue weighted by atomic mass is 79.9. The lowest BCUT2D eigenvalue weighted by Gasteiger charge is -2.17. The molecule has 22 heteroatoms. The molecule has 282 valence electrons. The molecule has 0 saturated carbocycles. The summed E-state index contributed by atoms with van der Waals surface area (Å²) in [6, 6.07) is 18.6. The summed E-state index contributed by atoms with van der Waals surface area (Å²) in [6.07, 6.45) is 3.59. The number of hydrogen-bond acceptors (Lipinski definition) is 10. The summed E-state index contributed by atoms with van der Waals surface area (Å²) >= 11 is 15.9. The largest absolute Gasteiger partial charge is 0.549 e. The van der Waals surface area contributed by atoms with Crippen LogP contribution < -0.4 is 20.2 Å². The number of carbonyl (C=O) groups excluding carboxylic acids is 2. The van der Waals surface area contributed by atoms with Crippen LogP contribution in [0.25, 0.3) is 21.8 Å². The molecule has 0 radical (unpaired) electrons. The van der Waals surface area contributed by atoms with Crippen molar-refractivity contribution in [2.24, 2.45) is 0 Å². The van der Waals surface area contributed by atoms with Gasteiger partial charge in [0.05, 0.1) is 32.4 Å². The molecule has 0 saturated heterocycles. The smallest absolute Gasteiger partial charge is 0.319 e. The van der Waals surface area contributed by atoms with Gasteiger partial charge in [0.15, 0.2) is 23.9 Å². The van der Waals surface area contributed by atoms with Crippen LogP contribution in [0.3, 0.4) is 0 Å². The summed E-state index contributed by atoms with van der Waals surface area (Å²) in [7, 11) is 0. The predicted molar refractivity (Wildman–Crippen MR) is 201 cm³/mol. The number of aliphatic carboxylic acids is 6. The van der Waals surface area contributed by atoms with Gasteiger partial charge in [0.2, 0.25) is 0 Å². The van der Waals surface area contributed by atoms with Crippen LogP contribution in [0, 0.1) is 0 Å². The van der Waals surface area contributed by atoms with Gasteiger partial charge in [-0.05, 0) is 36.4 Å². The van der Waals surface area contributed by atoms with Gasteiger partial charge in [-0.1, -0.05) is 108 Å². The summed E-state index contributed by atoms with van der Waals surface area (Å²) in [5.41, 5.74) is 1.57. The van der Waals surface area contributed by atoms with Gasteiger partial charge in [-0.3, -0.25) is 19.2 Å². The highest BCUT2D eigenvalue weighted by Gasteiger charge is 2.29. The number of carbonyl (C=O) groups is 6. The lowest BCUT2D eigenvalue weighted by Crippen LogP contribution is -2.45. The zero-order valence-corrected chi connectivity index (χ0v) is 35.1. The zero-order chi connectivity index (χ0) is 40.3. The third-order valence-electron chi connectivity index (χ3n) is 5.51. The van der Waals surface area contributed by atoms with E-state index in [0.29, 0.717) is 11.5 Å². The third kappa shape index (κ3) is 17.4. The second-order valence-electron chi connectivity index (χ2n) is 9.22. The van der Waals surface area contributed by atoms with E-state index in [0.717, 1.165) is 21.8 Å². The van der Waals surface area contributed by atoms with Crippen LogP contribution in [0.2, 0.25) is 0 Å². The molecule has 0 spiro atoms. The Morgan fingerprint density at radius 1 is 0.462 bits per heavy atom. The first-order valence-electron chi connectivity index (χ1n) is 13.5. The Labute approximate surface area is 343 Å². The molecule has 52 heavy (non-hydrogen) atoms. The van der Waals surface area contributed by atoms with E-state index in [-0.39, 0.29) is 0 Å². The van der Waals surface area contributed by atoms with Gasteiger partial charge in [-0.25, -0.2) is 9.97 Å². The molecule has 8 N–H and O–H groups in total. The monoisotopic (exact) mass is 1110 g/mol. The molecule has 4 rings (SSSR count). The van der Waals surface area contributed by atoms with Gasteiger partial charge >= 0.3 is 23.9 Å². The Kier molecular flexibility index (Phi) is 23.1. The van der Waals surface area contributed by atoms with Crippen molar-refractivity contribution in [3.05, 3.63) is 73.1 Å². The lowest BCUT2D eigenvalue weighted by molar-refractivity contribution is -0.345. The predicted octanol–water partition coefficient (Wildman–Crippen LogP) is 2.10. The summed E-state index contributed by atoms with van der Waals surface area (Å²) in [4.78, 5) is 59.4. The maximum atomic E-state index is 10.1. The van der Waals surface area contributed by atoms with Crippen molar-refractivity contribution in [3.63, 3.8) is 0 Å². The van der Waals surface area contributed by atoms with E-state index in [1.165, 1.54) is 0 Å². The molecule has 0 aliphatic carbocycles. The first kappa shape index (κ1) is 48.6. The Hall–Kier alpha value is -3.44. The average molecular weight is 1120 g/mol. The fourth-order valence-electron chi connectivity index (χ4n) is 3.01. The topological polar surface area (TPSA) is 298 Å². The van der Waals surface area contributed by atoms with Crippen molar-refractivity contribution in [1.82, 2.24) is 0 Å². The van der Waals surface area contributed by atoms with Crippen LogP contribution in [0.4, 0.5) is 0 Å². The number of alkyl halides is 6. The zero-order valence-electron chi connectivity index (χ0n) is 25.6. The van der Waals surface area contributed by atoms with E-state index in [9.17, 15) is 49.2 Å². The number of phenolic OH excluding ortho intramolecular Hbond substituents is 2. The minimum absolute atomic E-state index is 0.295. The fourth-order valence-corrected chi connectivity index (χ4v) is 4.35. The quantitative estimate of drug-likeness (QED) is 0.131. The Bertz CT molecular complexity index is 1610. The molecule has 2 aromatic heterocycles. The van der Waals surface area contributed by atoms with Crippen molar-refractivity contribution >= 4 is 153 Å². The number of hydrogen-bond donors (Lipinski definition) is 6. The van der Waals surface area contributed by atoms with Crippen molar-refractivity contribution in [2.75, 3.05) is 0 Å². The van der Waals surface area contributed by atoms with Crippen LogP contribution >= 0.6 is 95.6 Å². The van der Waals surface area contributed by atoms with E-state index >= 15 is 0 Å². The molecule has 2 aromatic carbocycles. The Morgan fingerprint density at radius 2 is 0.712 bits per heavy atom. The highest BCUT2D eigenvalue weighted by molar-refractivity contribution is 9.13. The van der Waals surface area contributed by atoms with Crippen molar-refractivity contribution in [1.29, 1.82) is 0 Å². The minimum atomic E-state index is -1.49. The molecule has 0 bridgehead atoms. The number of carboxylic acids is 6. The number of nitrogens with one attached hydrogen (secondary N) is 2. The second kappa shape index (κ2) is 24.7. The number of aromatic nitrogens is 2. The number of H-pyrrole nitrogens is 2. The Balaban J connectivity index is 0.000000626. The minimum Gasteiger partial charge on any atom is -0.549 e. The fraction of sp³-hybridized carbons (Fsp3) is 0.200. The summed E-state index contributed by atoms with van der Waals surface area (Å²) in [5, 5.41) is 73.7. The molecule has 0 aliphatic rings. The number of halogens is 6. The number of aromatic hydroxyl groups is 2. The first-order valence-corrected chi connectivity index (χ1v) is 19.0. The lowest BCUT2D eigenvalue weighted by atomic mass is 10.2. The second-order valence-corrected chi connectivity index (χ2v) is 15.1. The van der Waals surface area contributed by atoms with E-state index in [1.54, 1.807) is 24.5 Å². The maximum absolute atomic E-state index is 10.1. The molecule has 6 atom stereocenters. The number of aromatic amines is 2. The SMILES string of the molecule is O=C(O)[C@@H](Br)[C@@H](Br)C(=O)O.O=C(O)[C@@H](Br)[C@@H](Br)C(=O)O.O=C([O-])[C@@H](Br)[C@@H](Br)C(=O)[O-].Oc1cccc2ccc[nH+]c12.Oc1cccc2ccc[nH+]c12. The molecule has 0 amide bonds. The van der Waals surface area contributed by atoms with Crippen molar-refractivity contribution in [3.8, 4) is 11.5 Å². The molecular formula is C30H26Br6N2O14. The van der Waals surface area contributed by atoms with Crippen LogP contribution in [-0.2, 0) is 28.8 Å². The van der Waals surface area contributed by atoms with Crippen molar-refractivity contribution < 1.29 is 79.6 Å². The van der Waals surface area contributed by atoms with Gasteiger partial charge in [-0.2, -0.15) is 0 Å². The molecule has 0 unspecified atom stereocenters. The van der Waals surface area contributed by atoms with E-state index in [2.05, 4.69) is 106 Å². The van der Waals surface area contributed by atoms with E-state index < -0.39 is 64.8 Å². The number of fused-ring (bicyclic) bond motifs is 2. The van der Waals surface area contributed by atoms with Crippen molar-refractivity contribution in [2.45, 2.75) is 29.0 Å². The number of para-hydroxylation sites is 2. The van der Waals surface area contributed by atoms with Crippen LogP contribution in [0.1, 0.15) is 0 Å². The third-order valence-corrected chi connectivity index (χ3v) is 13.1. The van der Waals surface area contributed by atoms with Crippen LogP contribution in [0.5, 0.6) is 11.5 Å². The normalized spacial score (nSPS) is 13.4. The van der Waals surface area contributed by atoms with E-state index in [1.807, 2.05) is 48.5 Å². The molecule has 16 nitrogen and oxygen atoms in total. The molecule has 2 heterocycles. The Morgan fingerprint density at radius 3 is 0.923 bits per heavy atom. The first-order chi connectivity index (χ1) is 24.1. The summed E-state index contributed by atoms with van der Waals surface area (Å²) < 4.78 is 0. The standard InChI is InChI=1S/2C9H7NO.3C4H4Br2O4/c2*11-8-5-1-3-7-4-2-6-10-9(7)8;3*5-1(3(7)8)2(6)4(9)10/h2*1-6,11H;3*1-2H,(H,7,8)(H,9,10)/t;;3*1-,2+. The van der Waals surface area contributed by atoms with Gasteiger partial charge in [0.1, 0.15) is 19.3 Å². The average Bonchev–Trinajstić information content (AvgIpc) is 3.11. The number of rotatable bonds is 9. The summed E-state index contributed by atoms with van der Waals surface area (Å²) in [6.45, 7) is 0. The highest BCUT2D eigenvalue weighted by Crippen LogP contribution is 2.19. The van der Waals surface area contributed by atoms with Gasteiger partial charge in [0, 0.05) is 12.1 Å². The molecule has 0 aliphatic heterocycles. The number of phenols is 2. The summed E-state index contributed by atoms with van der Waals surface area (Å²) in [5.74, 6) is -7.22. The van der Waals surface area contributed by atoms with E-state index in [4.69, 9.17) is 20.4 Å². The number of benzene rings is 2. The molecule has 0 fully saturated rings. The maximum Gasteiger partial charge on any atom is 0.319 e. The van der Waals surface area contributed by atoms with Crippen LogP contribution in [-0.4, -0.2) is 95.4 Å². The number of carboxylic acid groups (broad SMARTS) is 6. The molecular weight excluding hydrogens is 1090 g/mol. The van der Waals surface area contributed by atoms with Gasteiger partial charge < -0.3 is 50.4 Å². The number of pyridine rings is 2. The van der Waals surface area contributed by atoms with Gasteiger partial charge in [0.25, 0.3) is 11.0 Å². The van der Waals surface area contributed by atoms with Crippen LogP contribution in [0.15, 0.2) is 73.1 Å². The molecule has 4 aromatic rings. The van der Waals surface area contributed by atoms with Gasteiger partial charge in [-0.15, -0.1) is 0 Å².